The van der Waals surface area contributed by atoms with Gasteiger partial charge in [0.25, 0.3) is 0 Å². The van der Waals surface area contributed by atoms with E-state index in [2.05, 4.69) is 4.90 Å². The fourth-order valence-electron chi connectivity index (χ4n) is 1.59. The summed E-state index contributed by atoms with van der Waals surface area (Å²) in [7, 11) is 0. The normalized spacial score (nSPS) is 31.2. The van der Waals surface area contributed by atoms with Gasteiger partial charge in [-0.2, -0.15) is 0 Å². The molecule has 1 fully saturated rings. The molecule has 1 aliphatic rings. The third kappa shape index (κ3) is 2.95. The van der Waals surface area contributed by atoms with Crippen LogP contribution in [0.1, 0.15) is 13.3 Å². The number of nitrogens with zero attached hydrogens (tertiary/aromatic N) is 1. The Morgan fingerprint density at radius 2 is 2.38 bits per heavy atom. The zero-order valence-electron chi connectivity index (χ0n) is 7.83. The Balaban J connectivity index is 2.41. The molecule has 1 atom stereocenters. The van der Waals surface area contributed by atoms with Crippen LogP contribution >= 0.6 is 11.6 Å². The van der Waals surface area contributed by atoms with Gasteiger partial charge in [0.15, 0.2) is 0 Å². The van der Waals surface area contributed by atoms with Crippen LogP contribution in [-0.4, -0.2) is 47.0 Å². The highest BCUT2D eigenvalue weighted by atomic mass is 35.5. The maximum Gasteiger partial charge on any atom is 0.102 e. The van der Waals surface area contributed by atoms with E-state index in [4.69, 9.17) is 16.7 Å². The molecule has 4 heteroatoms. The van der Waals surface area contributed by atoms with E-state index in [9.17, 15) is 5.11 Å². The minimum atomic E-state index is -0.896. The number of rotatable bonds is 3. The maximum atomic E-state index is 9.71. The molecule has 0 bridgehead atoms. The summed E-state index contributed by atoms with van der Waals surface area (Å²) < 4.78 is 0. The van der Waals surface area contributed by atoms with Gasteiger partial charge in [0.05, 0.1) is 6.61 Å². The second kappa shape index (κ2) is 4.42. The Hall–Kier alpha value is -0.0900. The van der Waals surface area contributed by atoms with E-state index in [0.717, 1.165) is 18.7 Å². The number of aliphatic hydroxyl groups is 2. The van der Waals surface area contributed by atoms with Crippen LogP contribution in [0.4, 0.5) is 0 Å². The summed E-state index contributed by atoms with van der Waals surface area (Å²) in [6.07, 6.45) is 0.638. The van der Waals surface area contributed by atoms with Crippen LogP contribution in [0.25, 0.3) is 0 Å². The van der Waals surface area contributed by atoms with Gasteiger partial charge in [-0.25, -0.2) is 0 Å². The van der Waals surface area contributed by atoms with Crippen molar-refractivity contribution in [2.24, 2.45) is 0 Å². The molecule has 3 nitrogen and oxygen atoms in total. The molecular weight excluding hydrogens is 190 g/mol. The number of β-amino-alcohol motifs (C(OH)–C–C–N with tert-alkyl or cyclic N) is 1. The molecule has 0 aromatic heterocycles. The lowest BCUT2D eigenvalue weighted by molar-refractivity contribution is -0.00464. The molecule has 0 aliphatic carbocycles. The standard InChI is InChI=1S/C9H16ClNO2/c1-8(4-10)5-11-3-2-9(13,6-11)7-12/h4,12-13H,2-3,5-7H2,1H3/b8-4+. The Morgan fingerprint density at radius 1 is 1.69 bits per heavy atom. The zero-order valence-corrected chi connectivity index (χ0v) is 8.59. The van der Waals surface area contributed by atoms with E-state index in [1.807, 2.05) is 6.92 Å². The zero-order chi connectivity index (χ0) is 9.90. The first-order chi connectivity index (χ1) is 6.09. The average molecular weight is 206 g/mol. The SMILES string of the molecule is C/C(=C\Cl)CN1CCC(O)(CO)C1. The van der Waals surface area contributed by atoms with Crippen LogP contribution in [0.15, 0.2) is 11.1 Å². The van der Waals surface area contributed by atoms with Crippen LogP contribution in [-0.2, 0) is 0 Å². The summed E-state index contributed by atoms with van der Waals surface area (Å²) in [6, 6.07) is 0. The molecule has 0 spiro atoms. The molecule has 13 heavy (non-hydrogen) atoms. The van der Waals surface area contributed by atoms with E-state index in [0.29, 0.717) is 13.0 Å². The molecule has 1 unspecified atom stereocenters. The van der Waals surface area contributed by atoms with E-state index in [-0.39, 0.29) is 6.61 Å². The molecule has 1 heterocycles. The summed E-state index contributed by atoms with van der Waals surface area (Å²) >= 11 is 5.53. The van der Waals surface area contributed by atoms with Crippen LogP contribution in [0.5, 0.6) is 0 Å². The smallest absolute Gasteiger partial charge is 0.102 e. The van der Waals surface area contributed by atoms with Gasteiger partial charge >= 0.3 is 0 Å². The van der Waals surface area contributed by atoms with E-state index < -0.39 is 5.60 Å². The van der Waals surface area contributed by atoms with Crippen LogP contribution in [0.2, 0.25) is 0 Å². The van der Waals surface area contributed by atoms with Gasteiger partial charge in [0.2, 0.25) is 0 Å². The van der Waals surface area contributed by atoms with Gasteiger partial charge in [-0.1, -0.05) is 11.6 Å². The Morgan fingerprint density at radius 3 is 2.85 bits per heavy atom. The van der Waals surface area contributed by atoms with Gasteiger partial charge in [0, 0.05) is 25.2 Å². The van der Waals surface area contributed by atoms with Gasteiger partial charge in [-0.05, 0) is 18.9 Å². The molecule has 0 radical (unpaired) electrons. The second-order valence-electron chi connectivity index (χ2n) is 3.80. The quantitative estimate of drug-likeness (QED) is 0.708. The van der Waals surface area contributed by atoms with Gasteiger partial charge < -0.3 is 10.2 Å². The maximum absolute atomic E-state index is 9.71. The van der Waals surface area contributed by atoms with Crippen LogP contribution in [0, 0.1) is 0 Å². The van der Waals surface area contributed by atoms with E-state index >= 15 is 0 Å². The first-order valence-electron chi connectivity index (χ1n) is 4.41. The molecule has 0 aromatic rings. The number of halogens is 1. The molecule has 1 saturated heterocycles. The lowest BCUT2D eigenvalue weighted by Crippen LogP contribution is -2.37. The summed E-state index contributed by atoms with van der Waals surface area (Å²) in [5, 5.41) is 18.6. The molecule has 0 saturated carbocycles. The Bertz CT molecular complexity index is 208. The molecular formula is C9H16ClNO2. The van der Waals surface area contributed by atoms with Crippen LogP contribution in [0.3, 0.4) is 0 Å². The fraction of sp³-hybridized carbons (Fsp3) is 0.778. The first kappa shape index (κ1) is 11.0. The van der Waals surface area contributed by atoms with Crippen LogP contribution < -0.4 is 0 Å². The Labute approximate surface area is 83.6 Å². The number of hydrogen-bond acceptors (Lipinski definition) is 3. The lowest BCUT2D eigenvalue weighted by Gasteiger charge is -2.20. The predicted octanol–water partition coefficient (Wildman–Crippen LogP) is 0.558. The largest absolute Gasteiger partial charge is 0.393 e. The summed E-state index contributed by atoms with van der Waals surface area (Å²) in [5.41, 5.74) is 1.73. The van der Waals surface area contributed by atoms with Crippen molar-refractivity contribution < 1.29 is 10.2 Å². The molecule has 0 aromatic carbocycles. The third-order valence-electron chi connectivity index (χ3n) is 2.36. The topological polar surface area (TPSA) is 43.7 Å². The molecule has 2 N–H and O–H groups in total. The summed E-state index contributed by atoms with van der Waals surface area (Å²) in [5.74, 6) is 0. The molecule has 1 rings (SSSR count). The van der Waals surface area contributed by atoms with Gasteiger partial charge in [-0.3, -0.25) is 4.90 Å². The number of hydrogen-bond donors (Lipinski definition) is 2. The van der Waals surface area contributed by atoms with Crippen molar-refractivity contribution in [3.8, 4) is 0 Å². The second-order valence-corrected chi connectivity index (χ2v) is 4.02. The van der Waals surface area contributed by atoms with E-state index in [1.165, 1.54) is 0 Å². The minimum absolute atomic E-state index is 0.160. The minimum Gasteiger partial charge on any atom is -0.393 e. The van der Waals surface area contributed by atoms with Crippen molar-refractivity contribution in [2.75, 3.05) is 26.2 Å². The number of aliphatic hydroxyl groups excluding tert-OH is 1. The Kier molecular flexibility index (Phi) is 3.74. The van der Waals surface area contributed by atoms with Crippen molar-refractivity contribution in [3.05, 3.63) is 11.1 Å². The van der Waals surface area contributed by atoms with Crippen molar-refractivity contribution in [3.63, 3.8) is 0 Å². The van der Waals surface area contributed by atoms with Crippen molar-refractivity contribution in [1.29, 1.82) is 0 Å². The molecule has 0 amide bonds. The highest BCUT2D eigenvalue weighted by Crippen LogP contribution is 2.21. The van der Waals surface area contributed by atoms with Gasteiger partial charge in [-0.15, -0.1) is 0 Å². The van der Waals surface area contributed by atoms with Crippen molar-refractivity contribution in [2.45, 2.75) is 18.9 Å². The van der Waals surface area contributed by atoms with E-state index in [1.54, 1.807) is 5.54 Å². The monoisotopic (exact) mass is 205 g/mol. The highest BCUT2D eigenvalue weighted by Gasteiger charge is 2.34. The fourth-order valence-corrected chi connectivity index (χ4v) is 1.66. The van der Waals surface area contributed by atoms with Crippen molar-refractivity contribution >= 4 is 11.6 Å². The summed E-state index contributed by atoms with van der Waals surface area (Å²) in [4.78, 5) is 2.09. The van der Waals surface area contributed by atoms with Crippen molar-refractivity contribution in [1.82, 2.24) is 4.90 Å². The molecule has 1 aliphatic heterocycles. The number of likely N-dealkylation sites (tertiary alicyclic amines) is 1. The lowest BCUT2D eigenvalue weighted by atomic mass is 10.1. The average Bonchev–Trinajstić information content (AvgIpc) is 2.48. The molecule has 76 valence electrons. The third-order valence-corrected chi connectivity index (χ3v) is 2.74. The highest BCUT2D eigenvalue weighted by molar-refractivity contribution is 6.25. The summed E-state index contributed by atoms with van der Waals surface area (Å²) in [6.45, 7) is 3.91. The first-order valence-corrected chi connectivity index (χ1v) is 4.85. The van der Waals surface area contributed by atoms with Gasteiger partial charge in [0.1, 0.15) is 5.60 Å². The predicted molar refractivity (Wildman–Crippen MR) is 52.7 cm³/mol.